The van der Waals surface area contributed by atoms with Crippen LogP contribution < -0.4 is 10.6 Å². The molecule has 3 rings (SSSR count). The van der Waals surface area contributed by atoms with Crippen LogP contribution in [0, 0.1) is 5.41 Å². The molecule has 1 aliphatic carbocycles. The fourth-order valence-corrected chi connectivity index (χ4v) is 3.15. The minimum absolute atomic E-state index is 0. The van der Waals surface area contributed by atoms with Gasteiger partial charge in [0.15, 0.2) is 5.96 Å². The maximum absolute atomic E-state index is 4.34. The van der Waals surface area contributed by atoms with E-state index in [9.17, 15) is 0 Å². The fourth-order valence-electron chi connectivity index (χ4n) is 3.15. The number of hydrogen-bond acceptors (Lipinski definition) is 3. The van der Waals surface area contributed by atoms with Crippen molar-refractivity contribution >= 4 is 29.9 Å². The summed E-state index contributed by atoms with van der Waals surface area (Å²) in [6.45, 7) is 4.70. The van der Waals surface area contributed by atoms with Gasteiger partial charge in [-0.1, -0.05) is 37.3 Å². The van der Waals surface area contributed by atoms with Gasteiger partial charge >= 0.3 is 0 Å². The molecule has 0 amide bonds. The van der Waals surface area contributed by atoms with Crippen LogP contribution in [0.5, 0.6) is 0 Å². The largest absolute Gasteiger partial charge is 0.356 e. The summed E-state index contributed by atoms with van der Waals surface area (Å²) in [5, 5.41) is 15.0. The number of aliphatic imine (C=N–C) groups is 1. The number of aryl methyl sites for hydroxylation is 1. The lowest BCUT2D eigenvalue weighted by molar-refractivity contribution is 0.491. The molecular formula is C19H29IN6. The molecule has 0 radical (unpaired) electrons. The van der Waals surface area contributed by atoms with Gasteiger partial charge in [-0.25, -0.2) is 0 Å². The molecule has 0 spiro atoms. The van der Waals surface area contributed by atoms with Gasteiger partial charge in [-0.3, -0.25) is 4.99 Å². The van der Waals surface area contributed by atoms with Crippen molar-refractivity contribution in [2.45, 2.75) is 39.2 Å². The van der Waals surface area contributed by atoms with Crippen molar-refractivity contribution in [3.63, 3.8) is 0 Å². The average molecular weight is 468 g/mol. The van der Waals surface area contributed by atoms with E-state index in [0.29, 0.717) is 5.41 Å². The van der Waals surface area contributed by atoms with Gasteiger partial charge in [0, 0.05) is 33.1 Å². The highest BCUT2D eigenvalue weighted by Gasteiger charge is 2.42. The van der Waals surface area contributed by atoms with Gasteiger partial charge in [0.2, 0.25) is 0 Å². The number of hydrogen-bond donors (Lipinski definition) is 2. The van der Waals surface area contributed by atoms with Crippen LogP contribution in [-0.4, -0.2) is 40.9 Å². The summed E-state index contributed by atoms with van der Waals surface area (Å²) in [5.74, 6) is 1.88. The van der Waals surface area contributed by atoms with Crippen LogP contribution in [-0.2, 0) is 19.4 Å². The fraction of sp³-hybridized carbons (Fsp3) is 0.526. The SMILES string of the molecule is CCc1nncn1CCNC(=NC)NCC1(Cc2ccccc2)CC1.I. The second-order valence-corrected chi connectivity index (χ2v) is 6.81. The maximum atomic E-state index is 4.34. The Morgan fingerprint density at radius 1 is 1.23 bits per heavy atom. The molecule has 0 unspecified atom stereocenters. The highest BCUT2D eigenvalue weighted by atomic mass is 127. The predicted octanol–water partition coefficient (Wildman–Crippen LogP) is 2.65. The van der Waals surface area contributed by atoms with E-state index in [2.05, 4.69) is 67.6 Å². The number of guanidine groups is 1. The third-order valence-corrected chi connectivity index (χ3v) is 4.89. The number of benzene rings is 1. The molecule has 1 fully saturated rings. The van der Waals surface area contributed by atoms with E-state index in [1.807, 2.05) is 7.05 Å². The molecule has 2 N–H and O–H groups in total. The standard InChI is InChI=1S/C19H28N6.HI/c1-3-17-24-23-15-25(17)12-11-21-18(20-2)22-14-19(9-10-19)13-16-7-5-4-6-8-16;/h4-8,15H,3,9-14H2,1-2H3,(H2,20,21,22);1H. The molecule has 26 heavy (non-hydrogen) atoms. The van der Waals surface area contributed by atoms with Crippen molar-refractivity contribution in [2.24, 2.45) is 10.4 Å². The molecule has 2 aromatic rings. The summed E-state index contributed by atoms with van der Waals surface area (Å²) in [4.78, 5) is 4.34. The zero-order chi connectivity index (χ0) is 17.5. The lowest BCUT2D eigenvalue weighted by Crippen LogP contribution is -2.41. The Bertz CT molecular complexity index is 693. The summed E-state index contributed by atoms with van der Waals surface area (Å²) < 4.78 is 2.08. The molecule has 1 aliphatic rings. The highest BCUT2D eigenvalue weighted by molar-refractivity contribution is 14.0. The Hall–Kier alpha value is -1.64. The summed E-state index contributed by atoms with van der Waals surface area (Å²) in [7, 11) is 1.82. The van der Waals surface area contributed by atoms with Crippen molar-refractivity contribution in [3.05, 3.63) is 48.0 Å². The topological polar surface area (TPSA) is 67.1 Å². The van der Waals surface area contributed by atoms with Crippen LogP contribution in [0.25, 0.3) is 0 Å². The van der Waals surface area contributed by atoms with E-state index in [-0.39, 0.29) is 24.0 Å². The van der Waals surface area contributed by atoms with Crippen LogP contribution in [0.2, 0.25) is 0 Å². The number of halogens is 1. The molecule has 6 nitrogen and oxygen atoms in total. The van der Waals surface area contributed by atoms with Crippen LogP contribution >= 0.6 is 24.0 Å². The van der Waals surface area contributed by atoms with Crippen molar-refractivity contribution < 1.29 is 0 Å². The zero-order valence-electron chi connectivity index (χ0n) is 15.6. The molecular weight excluding hydrogens is 439 g/mol. The van der Waals surface area contributed by atoms with Gasteiger partial charge in [-0.05, 0) is 30.2 Å². The van der Waals surface area contributed by atoms with E-state index in [4.69, 9.17) is 0 Å². The van der Waals surface area contributed by atoms with Crippen LogP contribution in [0.15, 0.2) is 41.7 Å². The van der Waals surface area contributed by atoms with Crippen molar-refractivity contribution in [2.75, 3.05) is 20.1 Å². The molecule has 0 atom stereocenters. The van der Waals surface area contributed by atoms with Crippen LogP contribution in [0.1, 0.15) is 31.2 Å². The normalized spacial score (nSPS) is 15.2. The van der Waals surface area contributed by atoms with E-state index < -0.39 is 0 Å². The van der Waals surface area contributed by atoms with Gasteiger partial charge < -0.3 is 15.2 Å². The summed E-state index contributed by atoms with van der Waals surface area (Å²) in [6.07, 6.45) is 6.39. The minimum Gasteiger partial charge on any atom is -0.356 e. The Morgan fingerprint density at radius 3 is 2.65 bits per heavy atom. The Balaban J connectivity index is 0.00000243. The first-order chi connectivity index (χ1) is 12.2. The van der Waals surface area contributed by atoms with Gasteiger partial charge in [0.1, 0.15) is 12.2 Å². The van der Waals surface area contributed by atoms with Gasteiger partial charge in [-0.2, -0.15) is 0 Å². The number of rotatable bonds is 8. The number of nitrogens with one attached hydrogen (secondary N) is 2. The molecule has 142 valence electrons. The Morgan fingerprint density at radius 2 is 2.00 bits per heavy atom. The average Bonchev–Trinajstić information content (AvgIpc) is 3.25. The van der Waals surface area contributed by atoms with E-state index >= 15 is 0 Å². The smallest absolute Gasteiger partial charge is 0.191 e. The first-order valence-electron chi connectivity index (χ1n) is 9.10. The van der Waals surface area contributed by atoms with Gasteiger partial charge in [0.25, 0.3) is 0 Å². The molecule has 7 heteroatoms. The van der Waals surface area contributed by atoms with Crippen LogP contribution in [0.4, 0.5) is 0 Å². The third-order valence-electron chi connectivity index (χ3n) is 4.89. The zero-order valence-corrected chi connectivity index (χ0v) is 17.9. The molecule has 1 aromatic heterocycles. The second-order valence-electron chi connectivity index (χ2n) is 6.81. The Kier molecular flexibility index (Phi) is 7.86. The highest BCUT2D eigenvalue weighted by Crippen LogP contribution is 2.47. The lowest BCUT2D eigenvalue weighted by atomic mass is 9.96. The quantitative estimate of drug-likeness (QED) is 0.355. The summed E-state index contributed by atoms with van der Waals surface area (Å²) in [6, 6.07) is 10.8. The maximum Gasteiger partial charge on any atom is 0.191 e. The molecule has 1 saturated carbocycles. The summed E-state index contributed by atoms with van der Waals surface area (Å²) >= 11 is 0. The van der Waals surface area contributed by atoms with E-state index in [1.165, 1.54) is 18.4 Å². The molecule has 1 aromatic carbocycles. The molecule has 0 aliphatic heterocycles. The van der Waals surface area contributed by atoms with Gasteiger partial charge in [0.05, 0.1) is 0 Å². The van der Waals surface area contributed by atoms with Crippen molar-refractivity contribution in [1.82, 2.24) is 25.4 Å². The summed E-state index contributed by atoms with van der Waals surface area (Å²) in [5.41, 5.74) is 1.81. The number of aromatic nitrogens is 3. The minimum atomic E-state index is 0. The first-order valence-corrected chi connectivity index (χ1v) is 9.10. The van der Waals surface area contributed by atoms with E-state index in [1.54, 1.807) is 6.33 Å². The van der Waals surface area contributed by atoms with Crippen molar-refractivity contribution in [3.8, 4) is 0 Å². The molecule has 0 bridgehead atoms. The van der Waals surface area contributed by atoms with Gasteiger partial charge in [-0.15, -0.1) is 34.2 Å². The Labute approximate surface area is 172 Å². The third kappa shape index (κ3) is 5.69. The predicted molar refractivity (Wildman–Crippen MR) is 116 cm³/mol. The van der Waals surface area contributed by atoms with E-state index in [0.717, 1.165) is 44.3 Å². The van der Waals surface area contributed by atoms with Crippen LogP contribution in [0.3, 0.4) is 0 Å². The van der Waals surface area contributed by atoms with Crippen molar-refractivity contribution in [1.29, 1.82) is 0 Å². The first kappa shape index (κ1) is 20.7. The number of nitrogens with zero attached hydrogens (tertiary/aromatic N) is 4. The molecule has 1 heterocycles. The monoisotopic (exact) mass is 468 g/mol. The molecule has 0 saturated heterocycles. The second kappa shape index (κ2) is 9.89. The lowest BCUT2D eigenvalue weighted by Gasteiger charge is -2.19.